The van der Waals surface area contributed by atoms with E-state index in [-0.39, 0.29) is 43.0 Å². The Morgan fingerprint density at radius 1 is 0.980 bits per heavy atom. The molecule has 1 heterocycles. The summed E-state index contributed by atoms with van der Waals surface area (Å²) in [5.41, 5.74) is 1.63. The van der Waals surface area contributed by atoms with Crippen molar-refractivity contribution in [1.29, 1.82) is 0 Å². The van der Waals surface area contributed by atoms with Gasteiger partial charge in [0.2, 0.25) is 21.8 Å². The highest BCUT2D eigenvalue weighted by Crippen LogP contribution is 2.35. The van der Waals surface area contributed by atoms with Gasteiger partial charge in [-0.25, -0.2) is 8.42 Å². The highest BCUT2D eigenvalue weighted by molar-refractivity contribution is 7.89. The van der Waals surface area contributed by atoms with Gasteiger partial charge in [-0.15, -0.1) is 0 Å². The Bertz CT molecular complexity index is 1620. The molecule has 0 spiro atoms. The van der Waals surface area contributed by atoms with Crippen LogP contribution in [0.25, 0.3) is 0 Å². The molecule has 0 radical (unpaired) electrons. The second-order valence-electron chi connectivity index (χ2n) is 13.3. The van der Waals surface area contributed by atoms with E-state index in [0.29, 0.717) is 38.6 Å². The molecule has 50 heavy (non-hydrogen) atoms. The third-order valence-electron chi connectivity index (χ3n) is 9.79. The van der Waals surface area contributed by atoms with Gasteiger partial charge in [-0.05, 0) is 66.8 Å². The summed E-state index contributed by atoms with van der Waals surface area (Å²) in [7, 11) is -2.11. The van der Waals surface area contributed by atoms with Crippen LogP contribution in [0.5, 0.6) is 5.75 Å². The Balaban J connectivity index is 1.59. The maximum Gasteiger partial charge on any atom is 0.244 e. The molecule has 1 aliphatic rings. The molecule has 0 aromatic heterocycles. The number of methoxy groups -OCH3 is 1. The van der Waals surface area contributed by atoms with Gasteiger partial charge in [0, 0.05) is 19.6 Å². The van der Waals surface area contributed by atoms with Crippen molar-refractivity contribution in [2.75, 3.05) is 26.0 Å². The molecule has 4 N–H and O–H groups in total. The van der Waals surface area contributed by atoms with E-state index < -0.39 is 33.7 Å². The van der Waals surface area contributed by atoms with Crippen LogP contribution in [-0.2, 0) is 39.0 Å². The highest BCUT2D eigenvalue weighted by atomic mass is 32.2. The van der Waals surface area contributed by atoms with Crippen molar-refractivity contribution in [3.8, 4) is 5.75 Å². The molecule has 5 atom stereocenters. The average Bonchev–Trinajstić information content (AvgIpc) is 3.43. The zero-order valence-electron chi connectivity index (χ0n) is 29.8. The number of aliphatic hydroxyl groups excluding tert-OH is 1. The van der Waals surface area contributed by atoms with Crippen molar-refractivity contribution in [1.82, 2.24) is 20.3 Å². The SMILES string of the molecule is CCCS(=O)(=O)N[C@]1(C(C)CC)CCN([C@@H](CCc2ccccc2)C(=O)N[C@@H](Cc2ccccc2)C(O)CNCc2cccc(OC)c2)C1=O. The van der Waals surface area contributed by atoms with Gasteiger partial charge in [-0.1, -0.05) is 100.0 Å². The number of likely N-dealkylation sites (tertiary alicyclic amines) is 1. The van der Waals surface area contributed by atoms with Gasteiger partial charge in [-0.2, -0.15) is 4.72 Å². The summed E-state index contributed by atoms with van der Waals surface area (Å²) in [6.07, 6.45) is 1.57. The number of benzene rings is 3. The molecule has 11 heteroatoms. The van der Waals surface area contributed by atoms with Crippen molar-refractivity contribution >= 4 is 21.8 Å². The van der Waals surface area contributed by atoms with Crippen molar-refractivity contribution in [3.05, 3.63) is 102 Å². The molecule has 0 aliphatic carbocycles. The lowest BCUT2D eigenvalue weighted by molar-refractivity contribution is -0.142. The first-order chi connectivity index (χ1) is 24.0. The van der Waals surface area contributed by atoms with Gasteiger partial charge in [-0.3, -0.25) is 9.59 Å². The van der Waals surface area contributed by atoms with Crippen molar-refractivity contribution in [3.63, 3.8) is 0 Å². The molecule has 272 valence electrons. The van der Waals surface area contributed by atoms with Crippen molar-refractivity contribution in [2.24, 2.45) is 5.92 Å². The largest absolute Gasteiger partial charge is 0.497 e. The van der Waals surface area contributed by atoms with Crippen LogP contribution in [0.2, 0.25) is 0 Å². The fourth-order valence-corrected chi connectivity index (χ4v) is 8.34. The van der Waals surface area contributed by atoms with Crippen LogP contribution >= 0.6 is 0 Å². The molecule has 4 rings (SSSR count). The number of carbonyl (C=O) groups excluding carboxylic acids is 2. The number of hydrogen-bond donors (Lipinski definition) is 4. The predicted octanol–water partition coefficient (Wildman–Crippen LogP) is 4.22. The van der Waals surface area contributed by atoms with Crippen LogP contribution in [0.1, 0.15) is 63.1 Å². The van der Waals surface area contributed by atoms with E-state index in [1.807, 2.05) is 98.8 Å². The van der Waals surface area contributed by atoms with Gasteiger partial charge < -0.3 is 25.4 Å². The summed E-state index contributed by atoms with van der Waals surface area (Å²) in [4.78, 5) is 30.4. The Hall–Kier alpha value is -3.77. The Morgan fingerprint density at radius 2 is 1.64 bits per heavy atom. The molecule has 1 fully saturated rings. The average molecular weight is 707 g/mol. The molecule has 0 saturated carbocycles. The molecule has 2 unspecified atom stereocenters. The Labute approximate surface area is 298 Å². The minimum absolute atomic E-state index is 0.0821. The number of aliphatic hydroxyl groups is 1. The van der Waals surface area contributed by atoms with Crippen molar-refractivity contribution < 1.29 is 27.9 Å². The van der Waals surface area contributed by atoms with E-state index in [4.69, 9.17) is 4.74 Å². The lowest BCUT2D eigenvalue weighted by Crippen LogP contribution is -2.61. The molecule has 1 saturated heterocycles. The second-order valence-corrected chi connectivity index (χ2v) is 15.2. The summed E-state index contributed by atoms with van der Waals surface area (Å²) in [5.74, 6) is -0.375. The van der Waals surface area contributed by atoms with E-state index >= 15 is 0 Å². The van der Waals surface area contributed by atoms with E-state index in [2.05, 4.69) is 15.4 Å². The number of nitrogens with zero attached hydrogens (tertiary/aromatic N) is 1. The maximum absolute atomic E-state index is 14.5. The monoisotopic (exact) mass is 706 g/mol. The number of nitrogens with one attached hydrogen (secondary N) is 3. The van der Waals surface area contributed by atoms with Gasteiger partial charge in [0.15, 0.2) is 0 Å². The predicted molar refractivity (Wildman–Crippen MR) is 197 cm³/mol. The minimum Gasteiger partial charge on any atom is -0.497 e. The molecule has 10 nitrogen and oxygen atoms in total. The zero-order chi connectivity index (χ0) is 36.1. The van der Waals surface area contributed by atoms with Crippen molar-refractivity contribution in [2.45, 2.75) is 89.6 Å². The van der Waals surface area contributed by atoms with Gasteiger partial charge in [0.1, 0.15) is 17.3 Å². The fourth-order valence-electron chi connectivity index (χ4n) is 6.75. The van der Waals surface area contributed by atoms with E-state index in [1.54, 1.807) is 18.9 Å². The first-order valence-corrected chi connectivity index (χ1v) is 19.4. The third-order valence-corrected chi connectivity index (χ3v) is 11.4. The van der Waals surface area contributed by atoms with Crippen LogP contribution in [0, 0.1) is 5.92 Å². The normalized spacial score (nSPS) is 18.7. The first-order valence-electron chi connectivity index (χ1n) is 17.7. The number of amides is 2. The van der Waals surface area contributed by atoms with Crippen LogP contribution in [0.4, 0.5) is 0 Å². The number of sulfonamides is 1. The number of carbonyl (C=O) groups is 2. The molecule has 1 aliphatic heterocycles. The molecule has 0 bridgehead atoms. The Morgan fingerprint density at radius 3 is 2.28 bits per heavy atom. The molecule has 3 aromatic rings. The summed E-state index contributed by atoms with van der Waals surface area (Å²) in [6, 6.07) is 25.6. The van der Waals surface area contributed by atoms with Gasteiger partial charge in [0.25, 0.3) is 0 Å². The van der Waals surface area contributed by atoms with E-state index in [1.165, 1.54) is 0 Å². The smallest absolute Gasteiger partial charge is 0.244 e. The number of aryl methyl sites for hydroxylation is 1. The summed E-state index contributed by atoms with van der Waals surface area (Å²) < 4.78 is 34.3. The topological polar surface area (TPSA) is 137 Å². The lowest BCUT2D eigenvalue weighted by Gasteiger charge is -2.36. The van der Waals surface area contributed by atoms with Gasteiger partial charge in [0.05, 0.1) is 25.0 Å². The van der Waals surface area contributed by atoms with E-state index in [9.17, 15) is 23.1 Å². The maximum atomic E-state index is 14.5. The Kier molecular flexibility index (Phi) is 14.4. The minimum atomic E-state index is -3.73. The lowest BCUT2D eigenvalue weighted by atomic mass is 9.83. The second kappa shape index (κ2) is 18.5. The summed E-state index contributed by atoms with van der Waals surface area (Å²) in [5, 5.41) is 17.9. The number of hydrogen-bond acceptors (Lipinski definition) is 7. The van der Waals surface area contributed by atoms with Crippen LogP contribution in [0.3, 0.4) is 0 Å². The standard InChI is InChI=1S/C39H54N4O6S/c1-5-24-50(47,48)42-39(29(3)6-2)22-23-43(38(39)46)35(21-20-30-14-9-7-10-15-30)37(45)41-34(26-31-16-11-8-12-17-31)36(44)28-40-27-32-18-13-19-33(25-32)49-4/h7-19,25,29,34-36,40,42,44H,5-6,20-24,26-28H2,1-4H3,(H,41,45)/t29?,34-,35-,36?,39-/m0/s1. The third kappa shape index (κ3) is 10.4. The highest BCUT2D eigenvalue weighted by Gasteiger charge is 2.54. The first kappa shape index (κ1) is 39.0. The van der Waals surface area contributed by atoms with Crippen LogP contribution < -0.4 is 20.1 Å². The summed E-state index contributed by atoms with van der Waals surface area (Å²) >= 11 is 0. The van der Waals surface area contributed by atoms with Crippen LogP contribution in [-0.4, -0.2) is 79.9 Å². The molecular formula is C39H54N4O6S. The van der Waals surface area contributed by atoms with Gasteiger partial charge >= 0.3 is 0 Å². The number of rotatable bonds is 20. The quantitative estimate of drug-likeness (QED) is 0.138. The zero-order valence-corrected chi connectivity index (χ0v) is 30.6. The molecule has 3 aromatic carbocycles. The molecule has 2 amide bonds. The molecular weight excluding hydrogens is 653 g/mol. The number of ether oxygens (including phenoxy) is 1. The van der Waals surface area contributed by atoms with E-state index in [0.717, 1.165) is 22.4 Å². The fraction of sp³-hybridized carbons (Fsp3) is 0.487. The van der Waals surface area contributed by atoms with Crippen LogP contribution in [0.15, 0.2) is 84.9 Å². The summed E-state index contributed by atoms with van der Waals surface area (Å²) in [6.45, 7) is 6.55.